The Morgan fingerprint density at radius 3 is 2.42 bits per heavy atom. The predicted molar refractivity (Wildman–Crippen MR) is 136 cm³/mol. The molecule has 2 amide bonds. The van der Waals surface area contributed by atoms with Crippen LogP contribution in [0.15, 0.2) is 42.5 Å². The van der Waals surface area contributed by atoms with Crippen LogP contribution in [0.2, 0.25) is 0 Å². The predicted octanol–water partition coefficient (Wildman–Crippen LogP) is 3.93. The molecule has 1 aromatic heterocycles. The van der Waals surface area contributed by atoms with Gasteiger partial charge in [0, 0.05) is 42.7 Å². The maximum Gasteiger partial charge on any atom is 0.257 e. The largest absolute Gasteiger partial charge is 0.497 e. The molecule has 188 valence electrons. The Hall–Kier alpha value is -3.66. The Morgan fingerprint density at radius 2 is 1.75 bits per heavy atom. The van der Waals surface area contributed by atoms with Gasteiger partial charge in [-0.25, -0.2) is 9.37 Å². The van der Waals surface area contributed by atoms with Gasteiger partial charge in [0.15, 0.2) is 5.13 Å². The van der Waals surface area contributed by atoms with E-state index in [2.05, 4.69) is 10.3 Å². The Balaban J connectivity index is 1.24. The molecule has 0 radical (unpaired) electrons. The molecule has 1 aliphatic carbocycles. The molecule has 10 heteroatoms. The Labute approximate surface area is 212 Å². The first-order valence-corrected chi connectivity index (χ1v) is 12.6. The normalized spacial score (nSPS) is 17.0. The van der Waals surface area contributed by atoms with Crippen LogP contribution in [0, 0.1) is 5.82 Å². The van der Waals surface area contributed by atoms with Gasteiger partial charge in [0.1, 0.15) is 17.3 Å². The van der Waals surface area contributed by atoms with Crippen LogP contribution in [-0.2, 0) is 11.2 Å². The summed E-state index contributed by atoms with van der Waals surface area (Å²) in [6, 6.07) is 11.7. The van der Waals surface area contributed by atoms with E-state index in [-0.39, 0.29) is 23.5 Å². The van der Waals surface area contributed by atoms with Gasteiger partial charge in [0.2, 0.25) is 5.91 Å². The number of benzene rings is 2. The third kappa shape index (κ3) is 4.73. The molecule has 1 saturated heterocycles. The second-order valence-electron chi connectivity index (χ2n) is 8.74. The van der Waals surface area contributed by atoms with Crippen LogP contribution >= 0.6 is 11.3 Å². The zero-order valence-electron chi connectivity index (χ0n) is 20.1. The summed E-state index contributed by atoms with van der Waals surface area (Å²) >= 11 is 1.41. The highest BCUT2D eigenvalue weighted by Gasteiger charge is 2.36. The number of aromatic nitrogens is 1. The number of hydrogen-bond donors (Lipinski definition) is 1. The minimum absolute atomic E-state index is 0.0441. The molecule has 8 nitrogen and oxygen atoms in total. The Bertz CT molecular complexity index is 1270. The minimum Gasteiger partial charge on any atom is -0.497 e. The molecule has 1 aliphatic heterocycles. The number of carbonyl (C=O) groups excluding carboxylic acids is 2. The van der Waals surface area contributed by atoms with Crippen molar-refractivity contribution in [2.24, 2.45) is 0 Å². The van der Waals surface area contributed by atoms with Gasteiger partial charge in [-0.1, -0.05) is 12.1 Å². The van der Waals surface area contributed by atoms with Crippen molar-refractivity contribution in [3.8, 4) is 11.5 Å². The van der Waals surface area contributed by atoms with E-state index < -0.39 is 0 Å². The molecule has 3 aromatic rings. The van der Waals surface area contributed by atoms with Gasteiger partial charge in [0.25, 0.3) is 5.91 Å². The highest BCUT2D eigenvalue weighted by molar-refractivity contribution is 7.16. The van der Waals surface area contributed by atoms with E-state index in [1.54, 1.807) is 30.3 Å². The summed E-state index contributed by atoms with van der Waals surface area (Å²) in [4.78, 5) is 35.7. The zero-order valence-corrected chi connectivity index (χ0v) is 20.9. The standard InChI is InChI=1S/C26H27FN4O4S/c1-34-17-13-16(14-18(15-17)35-2)24(32)29-26-28-23-19(7-8-22(23)36-26)25(33)31-11-9-30(10-12-31)21-6-4-3-5-20(21)27/h3-6,13-15,19H,7-12H2,1-2H3,(H,28,29,32). The van der Waals surface area contributed by atoms with Gasteiger partial charge in [0.05, 0.1) is 31.5 Å². The van der Waals surface area contributed by atoms with Crippen LogP contribution < -0.4 is 19.7 Å². The highest BCUT2D eigenvalue weighted by Crippen LogP contribution is 2.39. The van der Waals surface area contributed by atoms with Crippen molar-refractivity contribution in [1.82, 2.24) is 9.88 Å². The van der Waals surface area contributed by atoms with E-state index in [0.29, 0.717) is 60.5 Å². The lowest BCUT2D eigenvalue weighted by Gasteiger charge is -2.37. The fourth-order valence-corrected chi connectivity index (χ4v) is 5.76. The van der Waals surface area contributed by atoms with Gasteiger partial charge in [-0.15, -0.1) is 11.3 Å². The second-order valence-corrected chi connectivity index (χ2v) is 9.82. The van der Waals surface area contributed by atoms with Gasteiger partial charge in [-0.2, -0.15) is 0 Å². The topological polar surface area (TPSA) is 84.0 Å². The Kier molecular flexibility index (Phi) is 6.77. The van der Waals surface area contributed by atoms with Crippen LogP contribution in [-0.4, -0.2) is 62.1 Å². The van der Waals surface area contributed by atoms with Gasteiger partial charge < -0.3 is 19.3 Å². The van der Waals surface area contributed by atoms with Crippen molar-refractivity contribution < 1.29 is 23.5 Å². The van der Waals surface area contributed by atoms with Crippen LogP contribution in [0.5, 0.6) is 11.5 Å². The number of aryl methyl sites for hydroxylation is 1. The molecule has 2 aromatic carbocycles. The monoisotopic (exact) mass is 510 g/mol. The Morgan fingerprint density at radius 1 is 1.06 bits per heavy atom. The fourth-order valence-electron chi connectivity index (χ4n) is 4.73. The molecule has 36 heavy (non-hydrogen) atoms. The molecule has 0 spiro atoms. The number of piperazine rings is 1. The number of nitrogens with one attached hydrogen (secondary N) is 1. The van der Waals surface area contributed by atoms with Crippen molar-refractivity contribution >= 4 is 34.0 Å². The SMILES string of the molecule is COc1cc(OC)cc(C(=O)Nc2nc3c(s2)CCC3C(=O)N2CCN(c3ccccc3F)CC2)c1. The molecule has 2 heterocycles. The van der Waals surface area contributed by atoms with E-state index in [1.165, 1.54) is 31.6 Å². The average Bonchev–Trinajstić information content (AvgIpc) is 3.48. The first-order valence-electron chi connectivity index (χ1n) is 11.8. The number of rotatable bonds is 6. The molecule has 2 aliphatic rings. The molecular weight excluding hydrogens is 483 g/mol. The summed E-state index contributed by atoms with van der Waals surface area (Å²) in [7, 11) is 3.05. The summed E-state index contributed by atoms with van der Waals surface area (Å²) < 4.78 is 24.6. The summed E-state index contributed by atoms with van der Waals surface area (Å²) in [6.07, 6.45) is 1.46. The summed E-state index contributed by atoms with van der Waals surface area (Å²) in [5, 5.41) is 3.32. The summed E-state index contributed by atoms with van der Waals surface area (Å²) in [6.45, 7) is 2.22. The lowest BCUT2D eigenvalue weighted by Crippen LogP contribution is -2.50. The number of anilines is 2. The summed E-state index contributed by atoms with van der Waals surface area (Å²) in [5.41, 5.74) is 1.71. The third-order valence-electron chi connectivity index (χ3n) is 6.63. The second kappa shape index (κ2) is 10.1. The molecule has 1 unspecified atom stereocenters. The van der Waals surface area contributed by atoms with Gasteiger partial charge >= 0.3 is 0 Å². The van der Waals surface area contributed by atoms with E-state index in [1.807, 2.05) is 15.9 Å². The fraction of sp³-hybridized carbons (Fsp3) is 0.346. The number of thiazole rings is 1. The number of hydrogen-bond acceptors (Lipinski definition) is 7. The molecule has 1 fully saturated rings. The maximum absolute atomic E-state index is 14.1. The van der Waals surface area contributed by atoms with Crippen molar-refractivity contribution in [2.75, 3.05) is 50.6 Å². The smallest absolute Gasteiger partial charge is 0.257 e. The van der Waals surface area contributed by atoms with Crippen molar-refractivity contribution in [2.45, 2.75) is 18.8 Å². The quantitative estimate of drug-likeness (QED) is 0.541. The van der Waals surface area contributed by atoms with Crippen molar-refractivity contribution in [3.05, 3.63) is 64.4 Å². The number of methoxy groups -OCH3 is 2. The molecule has 0 bridgehead atoms. The minimum atomic E-state index is -0.327. The van der Waals surface area contributed by atoms with Crippen molar-refractivity contribution in [3.63, 3.8) is 0 Å². The average molecular weight is 511 g/mol. The van der Waals surface area contributed by atoms with Crippen LogP contribution in [0.1, 0.15) is 33.3 Å². The molecule has 1 N–H and O–H groups in total. The number of carbonyl (C=O) groups is 2. The zero-order chi connectivity index (χ0) is 25.2. The van der Waals surface area contributed by atoms with Crippen LogP contribution in [0.25, 0.3) is 0 Å². The number of fused-ring (bicyclic) bond motifs is 1. The molecule has 1 atom stereocenters. The van der Waals surface area contributed by atoms with Crippen LogP contribution in [0.4, 0.5) is 15.2 Å². The first-order chi connectivity index (χ1) is 17.5. The first kappa shape index (κ1) is 24.1. The number of halogens is 1. The van der Waals surface area contributed by atoms with E-state index in [0.717, 1.165) is 17.0 Å². The van der Waals surface area contributed by atoms with Crippen molar-refractivity contribution in [1.29, 1.82) is 0 Å². The third-order valence-corrected chi connectivity index (χ3v) is 7.68. The molecule has 5 rings (SSSR count). The number of para-hydroxylation sites is 1. The van der Waals surface area contributed by atoms with E-state index in [4.69, 9.17) is 9.47 Å². The number of amides is 2. The van der Waals surface area contributed by atoms with Gasteiger partial charge in [-0.3, -0.25) is 14.9 Å². The maximum atomic E-state index is 14.1. The van der Waals surface area contributed by atoms with E-state index in [9.17, 15) is 14.0 Å². The number of ether oxygens (including phenoxy) is 2. The van der Waals surface area contributed by atoms with Gasteiger partial charge in [-0.05, 0) is 37.1 Å². The van der Waals surface area contributed by atoms with E-state index >= 15 is 0 Å². The lowest BCUT2D eigenvalue weighted by atomic mass is 10.1. The number of nitrogens with zero attached hydrogens (tertiary/aromatic N) is 3. The molecular formula is C26H27FN4O4S. The summed E-state index contributed by atoms with van der Waals surface area (Å²) in [5.74, 6) is 0.180. The lowest BCUT2D eigenvalue weighted by molar-refractivity contribution is -0.133. The molecule has 0 saturated carbocycles. The highest BCUT2D eigenvalue weighted by atomic mass is 32.1. The van der Waals surface area contributed by atoms with Crippen LogP contribution in [0.3, 0.4) is 0 Å².